The van der Waals surface area contributed by atoms with Crippen molar-refractivity contribution in [1.82, 2.24) is 4.98 Å². The highest BCUT2D eigenvalue weighted by molar-refractivity contribution is 8.01. The van der Waals surface area contributed by atoms with E-state index in [4.69, 9.17) is 5.73 Å². The molecule has 0 aromatic carbocycles. The summed E-state index contributed by atoms with van der Waals surface area (Å²) in [5, 5.41) is 2.01. The summed E-state index contributed by atoms with van der Waals surface area (Å²) in [6.45, 7) is 4.30. The Labute approximate surface area is 112 Å². The Bertz CT molecular complexity index is 230. The molecule has 0 spiro atoms. The van der Waals surface area contributed by atoms with Gasteiger partial charge in [-0.1, -0.05) is 18.7 Å². The molecule has 0 amide bonds. The van der Waals surface area contributed by atoms with Gasteiger partial charge in [0, 0.05) is 23.4 Å². The van der Waals surface area contributed by atoms with Crippen molar-refractivity contribution < 1.29 is 0 Å². The Balaban J connectivity index is 0. The molecule has 2 atom stereocenters. The van der Waals surface area contributed by atoms with Gasteiger partial charge in [-0.2, -0.15) is 0 Å². The van der Waals surface area contributed by atoms with E-state index < -0.39 is 0 Å². The molecule has 1 rings (SSSR count). The minimum atomic E-state index is 0. The van der Waals surface area contributed by atoms with Gasteiger partial charge in [-0.05, 0) is 19.3 Å². The van der Waals surface area contributed by atoms with E-state index in [2.05, 4.69) is 18.8 Å². The summed E-state index contributed by atoms with van der Waals surface area (Å²) in [7, 11) is 0. The van der Waals surface area contributed by atoms with Gasteiger partial charge in [-0.15, -0.1) is 36.2 Å². The van der Waals surface area contributed by atoms with E-state index in [1.54, 1.807) is 11.3 Å². The zero-order valence-corrected chi connectivity index (χ0v) is 12.1. The van der Waals surface area contributed by atoms with Crippen molar-refractivity contribution in [2.24, 2.45) is 11.7 Å². The van der Waals surface area contributed by atoms with Gasteiger partial charge in [-0.3, -0.25) is 0 Å². The van der Waals surface area contributed by atoms with Gasteiger partial charge >= 0.3 is 0 Å². The molecule has 1 heterocycles. The van der Waals surface area contributed by atoms with Crippen molar-refractivity contribution in [3.8, 4) is 0 Å². The topological polar surface area (TPSA) is 38.9 Å². The van der Waals surface area contributed by atoms with E-state index in [0.29, 0.717) is 12.0 Å². The molecule has 0 aliphatic carbocycles. The van der Waals surface area contributed by atoms with Gasteiger partial charge < -0.3 is 5.73 Å². The highest BCUT2D eigenvalue weighted by atomic mass is 35.5. The van der Waals surface area contributed by atoms with Crippen LogP contribution in [0.5, 0.6) is 0 Å². The minimum Gasteiger partial charge on any atom is -0.328 e. The fourth-order valence-corrected chi connectivity index (χ4v) is 2.90. The van der Waals surface area contributed by atoms with Crippen LogP contribution < -0.4 is 5.73 Å². The molecule has 15 heavy (non-hydrogen) atoms. The van der Waals surface area contributed by atoms with Gasteiger partial charge in [0.15, 0.2) is 0 Å². The van der Waals surface area contributed by atoms with E-state index in [9.17, 15) is 0 Å². The number of hydrogen-bond donors (Lipinski definition) is 1. The van der Waals surface area contributed by atoms with Crippen molar-refractivity contribution in [2.45, 2.75) is 30.6 Å². The minimum absolute atomic E-state index is 0. The average molecular weight is 289 g/mol. The monoisotopic (exact) mass is 288 g/mol. The number of nitrogens with zero attached hydrogens (tertiary/aromatic N) is 1. The standard InChI is InChI=1S/C9H16N2S2.2ClH/c1-7(5-8(2)10)6-13-9-11-3-4-12-9;;/h3-4,7-8H,5-6,10H2,1-2H3;2*1H/t7-,8?;;/m1../s1. The van der Waals surface area contributed by atoms with Crippen LogP contribution in [-0.4, -0.2) is 16.8 Å². The summed E-state index contributed by atoms with van der Waals surface area (Å²) in [6.07, 6.45) is 2.95. The number of halogens is 2. The predicted molar refractivity (Wildman–Crippen MR) is 74.8 cm³/mol. The van der Waals surface area contributed by atoms with Crippen LogP contribution in [-0.2, 0) is 0 Å². The average Bonchev–Trinajstić information content (AvgIpc) is 2.51. The van der Waals surface area contributed by atoms with Crippen molar-refractivity contribution in [3.63, 3.8) is 0 Å². The van der Waals surface area contributed by atoms with Gasteiger partial charge in [0.2, 0.25) is 0 Å². The third-order valence-electron chi connectivity index (χ3n) is 1.68. The molecule has 0 aliphatic heterocycles. The summed E-state index contributed by atoms with van der Waals surface area (Å²) in [6, 6.07) is 0.312. The van der Waals surface area contributed by atoms with Crippen molar-refractivity contribution in [1.29, 1.82) is 0 Å². The second-order valence-electron chi connectivity index (χ2n) is 3.43. The zero-order chi connectivity index (χ0) is 9.68. The lowest BCUT2D eigenvalue weighted by Gasteiger charge is -2.11. The maximum Gasteiger partial charge on any atom is 0.149 e. The number of aromatic nitrogens is 1. The van der Waals surface area contributed by atoms with Crippen LogP contribution in [0, 0.1) is 5.92 Å². The maximum absolute atomic E-state index is 5.72. The van der Waals surface area contributed by atoms with E-state index in [1.807, 2.05) is 23.3 Å². The molecule has 0 saturated heterocycles. The zero-order valence-electron chi connectivity index (χ0n) is 8.88. The van der Waals surface area contributed by atoms with Gasteiger partial charge in [-0.25, -0.2) is 4.98 Å². The molecular weight excluding hydrogens is 271 g/mol. The third kappa shape index (κ3) is 8.34. The normalized spacial score (nSPS) is 13.5. The Morgan fingerprint density at radius 1 is 1.47 bits per heavy atom. The first-order chi connectivity index (χ1) is 6.18. The molecule has 0 radical (unpaired) electrons. The number of nitrogens with two attached hydrogens (primary N) is 1. The quantitative estimate of drug-likeness (QED) is 0.844. The van der Waals surface area contributed by atoms with E-state index >= 15 is 0 Å². The lowest BCUT2D eigenvalue weighted by Crippen LogP contribution is -2.19. The van der Waals surface area contributed by atoms with Crippen LogP contribution >= 0.6 is 47.9 Å². The number of rotatable bonds is 5. The largest absolute Gasteiger partial charge is 0.328 e. The van der Waals surface area contributed by atoms with Crippen LogP contribution in [0.25, 0.3) is 0 Å². The van der Waals surface area contributed by atoms with Gasteiger partial charge in [0.25, 0.3) is 0 Å². The Morgan fingerprint density at radius 2 is 2.13 bits per heavy atom. The van der Waals surface area contributed by atoms with Crippen LogP contribution in [0.2, 0.25) is 0 Å². The fraction of sp³-hybridized carbons (Fsp3) is 0.667. The summed E-state index contributed by atoms with van der Waals surface area (Å²) in [5.41, 5.74) is 5.72. The molecule has 0 saturated carbocycles. The van der Waals surface area contributed by atoms with Crippen LogP contribution in [0.15, 0.2) is 15.9 Å². The third-order valence-corrected chi connectivity index (χ3v) is 3.97. The molecule has 0 bridgehead atoms. The number of thiazole rings is 1. The second-order valence-corrected chi connectivity index (χ2v) is 5.59. The first kappa shape index (κ1) is 17.9. The van der Waals surface area contributed by atoms with Gasteiger partial charge in [0.05, 0.1) is 0 Å². The van der Waals surface area contributed by atoms with Crippen molar-refractivity contribution >= 4 is 47.9 Å². The molecule has 1 unspecified atom stereocenters. The Kier molecular flexibility index (Phi) is 11.6. The summed E-state index contributed by atoms with van der Waals surface area (Å²) >= 11 is 3.53. The molecular formula is C9H18Cl2N2S2. The predicted octanol–water partition coefficient (Wildman–Crippen LogP) is 3.45. The maximum atomic E-state index is 5.72. The first-order valence-electron chi connectivity index (χ1n) is 4.46. The lowest BCUT2D eigenvalue weighted by atomic mass is 10.1. The van der Waals surface area contributed by atoms with E-state index in [0.717, 1.165) is 16.5 Å². The molecule has 2 nitrogen and oxygen atoms in total. The van der Waals surface area contributed by atoms with E-state index in [-0.39, 0.29) is 24.8 Å². The van der Waals surface area contributed by atoms with Gasteiger partial charge in [0.1, 0.15) is 4.34 Å². The SMILES string of the molecule is CC(N)C[C@@H](C)CSc1nccs1.Cl.Cl. The molecule has 6 heteroatoms. The first-order valence-corrected chi connectivity index (χ1v) is 6.33. The van der Waals surface area contributed by atoms with Crippen LogP contribution in [0.4, 0.5) is 0 Å². The van der Waals surface area contributed by atoms with Crippen LogP contribution in [0.3, 0.4) is 0 Å². The molecule has 1 aromatic heterocycles. The number of thioether (sulfide) groups is 1. The Morgan fingerprint density at radius 3 is 2.60 bits per heavy atom. The van der Waals surface area contributed by atoms with E-state index in [1.165, 1.54) is 0 Å². The Hall–Kier alpha value is 0.520. The van der Waals surface area contributed by atoms with Crippen molar-refractivity contribution in [2.75, 3.05) is 5.75 Å². The fourth-order valence-electron chi connectivity index (χ4n) is 1.20. The van der Waals surface area contributed by atoms with Crippen LogP contribution in [0.1, 0.15) is 20.3 Å². The molecule has 0 aliphatic rings. The molecule has 90 valence electrons. The molecule has 1 aromatic rings. The number of hydrogen-bond acceptors (Lipinski definition) is 4. The highest BCUT2D eigenvalue weighted by Crippen LogP contribution is 2.23. The summed E-state index contributed by atoms with van der Waals surface area (Å²) in [5.74, 6) is 1.80. The summed E-state index contributed by atoms with van der Waals surface area (Å²) in [4.78, 5) is 4.22. The second kappa shape index (κ2) is 9.73. The smallest absolute Gasteiger partial charge is 0.149 e. The highest BCUT2D eigenvalue weighted by Gasteiger charge is 2.06. The molecule has 2 N–H and O–H groups in total. The van der Waals surface area contributed by atoms with Crippen molar-refractivity contribution in [3.05, 3.63) is 11.6 Å². The molecule has 0 fully saturated rings. The summed E-state index contributed by atoms with van der Waals surface area (Å²) < 4.78 is 1.16. The lowest BCUT2D eigenvalue weighted by molar-refractivity contribution is 0.527.